The van der Waals surface area contributed by atoms with Crippen molar-refractivity contribution in [2.24, 2.45) is 23.9 Å². The zero-order valence-electron chi connectivity index (χ0n) is 12.1. The van der Waals surface area contributed by atoms with Crippen LogP contribution in [-0.4, -0.2) is 44.7 Å². The molecular weight excluding hydrogens is 258 g/mol. The van der Waals surface area contributed by atoms with Crippen LogP contribution >= 0.6 is 0 Å². The van der Waals surface area contributed by atoms with Crippen LogP contribution in [0.5, 0.6) is 0 Å². The summed E-state index contributed by atoms with van der Waals surface area (Å²) in [7, 11) is 1.83. The number of amides is 1. The molecule has 0 bridgehead atoms. The number of rotatable bonds is 2. The van der Waals surface area contributed by atoms with E-state index in [9.17, 15) is 4.79 Å². The molecule has 0 spiro atoms. The first-order chi connectivity index (χ1) is 9.45. The van der Waals surface area contributed by atoms with Gasteiger partial charge in [0.15, 0.2) is 0 Å². The number of nitrogens with two attached hydrogens (primary N) is 1. The standard InChI is InChI=1S/C13H21N5O2/c1-8-11(9(2)17(3)15-8)13(19)18-6-4-5-10(7-18)12(14)16-20/h10,20H,4-7H2,1-3H3,(H2,14,16). The molecule has 1 aliphatic heterocycles. The summed E-state index contributed by atoms with van der Waals surface area (Å²) in [6, 6.07) is 0. The lowest BCUT2D eigenvalue weighted by atomic mass is 9.96. The quantitative estimate of drug-likeness (QED) is 0.359. The molecule has 0 radical (unpaired) electrons. The third kappa shape index (κ3) is 2.48. The van der Waals surface area contributed by atoms with Crippen LogP contribution in [0.1, 0.15) is 34.6 Å². The second-order valence-corrected chi connectivity index (χ2v) is 5.28. The number of carbonyl (C=O) groups is 1. The first kappa shape index (κ1) is 14.4. The molecule has 7 nitrogen and oxygen atoms in total. The molecule has 1 aliphatic rings. The molecule has 0 aliphatic carbocycles. The minimum atomic E-state index is -0.0741. The van der Waals surface area contributed by atoms with E-state index < -0.39 is 0 Å². The van der Waals surface area contributed by atoms with Gasteiger partial charge in [0.25, 0.3) is 5.91 Å². The zero-order chi connectivity index (χ0) is 14.9. The molecule has 1 saturated heterocycles. The van der Waals surface area contributed by atoms with Gasteiger partial charge in [-0.2, -0.15) is 5.10 Å². The number of amidine groups is 1. The third-order valence-corrected chi connectivity index (χ3v) is 3.97. The Morgan fingerprint density at radius 1 is 1.50 bits per heavy atom. The Morgan fingerprint density at radius 2 is 2.20 bits per heavy atom. The lowest BCUT2D eigenvalue weighted by Crippen LogP contribution is -2.44. The van der Waals surface area contributed by atoms with Crippen molar-refractivity contribution in [2.75, 3.05) is 13.1 Å². The minimum absolute atomic E-state index is 0.0245. The highest BCUT2D eigenvalue weighted by Crippen LogP contribution is 2.21. The maximum atomic E-state index is 12.6. The van der Waals surface area contributed by atoms with Gasteiger partial charge in [0.05, 0.1) is 11.3 Å². The lowest BCUT2D eigenvalue weighted by molar-refractivity contribution is 0.0699. The van der Waals surface area contributed by atoms with E-state index in [-0.39, 0.29) is 17.7 Å². The fourth-order valence-electron chi connectivity index (χ4n) is 2.73. The monoisotopic (exact) mass is 279 g/mol. The van der Waals surface area contributed by atoms with Crippen LogP contribution in [0, 0.1) is 19.8 Å². The third-order valence-electron chi connectivity index (χ3n) is 3.97. The maximum Gasteiger partial charge on any atom is 0.257 e. The van der Waals surface area contributed by atoms with Crippen LogP contribution in [-0.2, 0) is 7.05 Å². The highest BCUT2D eigenvalue weighted by Gasteiger charge is 2.29. The van der Waals surface area contributed by atoms with Crippen molar-refractivity contribution in [2.45, 2.75) is 26.7 Å². The summed E-state index contributed by atoms with van der Waals surface area (Å²) in [5.41, 5.74) is 7.91. The Kier molecular flexibility index (Phi) is 3.96. The smallest absolute Gasteiger partial charge is 0.257 e. The van der Waals surface area contributed by atoms with Gasteiger partial charge < -0.3 is 15.8 Å². The van der Waals surface area contributed by atoms with Crippen molar-refractivity contribution in [3.05, 3.63) is 17.0 Å². The number of likely N-dealkylation sites (tertiary alicyclic amines) is 1. The van der Waals surface area contributed by atoms with Gasteiger partial charge in [-0.1, -0.05) is 5.16 Å². The molecule has 0 aromatic carbocycles. The van der Waals surface area contributed by atoms with Gasteiger partial charge in [-0.25, -0.2) is 0 Å². The molecule has 0 saturated carbocycles. The van der Waals surface area contributed by atoms with Gasteiger partial charge in [-0.05, 0) is 26.7 Å². The van der Waals surface area contributed by atoms with Crippen LogP contribution in [0.3, 0.4) is 0 Å². The summed E-state index contributed by atoms with van der Waals surface area (Å²) in [4.78, 5) is 14.4. The molecule has 1 atom stereocenters. The molecule has 2 rings (SSSR count). The fourth-order valence-corrected chi connectivity index (χ4v) is 2.73. The number of hydrogen-bond donors (Lipinski definition) is 2. The first-order valence-corrected chi connectivity index (χ1v) is 6.72. The normalized spacial score (nSPS) is 20.2. The Hall–Kier alpha value is -2.05. The van der Waals surface area contributed by atoms with Crippen molar-refractivity contribution in [1.29, 1.82) is 0 Å². The maximum absolute atomic E-state index is 12.6. The molecule has 20 heavy (non-hydrogen) atoms. The van der Waals surface area contributed by atoms with E-state index in [1.807, 2.05) is 20.9 Å². The zero-order valence-corrected chi connectivity index (χ0v) is 12.1. The van der Waals surface area contributed by atoms with Crippen molar-refractivity contribution in [1.82, 2.24) is 14.7 Å². The molecule has 1 fully saturated rings. The van der Waals surface area contributed by atoms with E-state index in [2.05, 4.69) is 10.3 Å². The Morgan fingerprint density at radius 3 is 2.75 bits per heavy atom. The molecule has 3 N–H and O–H groups in total. The summed E-state index contributed by atoms with van der Waals surface area (Å²) in [6.07, 6.45) is 1.69. The van der Waals surface area contributed by atoms with Crippen LogP contribution in [0.15, 0.2) is 5.16 Å². The molecule has 1 aromatic rings. The van der Waals surface area contributed by atoms with Gasteiger partial charge in [0.1, 0.15) is 5.84 Å². The molecule has 1 unspecified atom stereocenters. The average Bonchev–Trinajstić information content (AvgIpc) is 2.70. The topological polar surface area (TPSA) is 96.7 Å². The van der Waals surface area contributed by atoms with Gasteiger partial charge in [0, 0.05) is 31.7 Å². The fraction of sp³-hybridized carbons (Fsp3) is 0.615. The summed E-state index contributed by atoms with van der Waals surface area (Å²) in [5, 5.41) is 16.1. The molecular formula is C13H21N5O2. The summed E-state index contributed by atoms with van der Waals surface area (Å²) in [5.74, 6) is 0.0978. The highest BCUT2D eigenvalue weighted by molar-refractivity contribution is 5.97. The second kappa shape index (κ2) is 5.52. The first-order valence-electron chi connectivity index (χ1n) is 6.72. The summed E-state index contributed by atoms with van der Waals surface area (Å²) < 4.78 is 1.72. The Labute approximate surface area is 118 Å². The predicted molar refractivity (Wildman–Crippen MR) is 74.7 cm³/mol. The number of oxime groups is 1. The molecule has 7 heteroatoms. The number of aryl methyl sites for hydroxylation is 2. The lowest BCUT2D eigenvalue weighted by Gasteiger charge is -2.32. The highest BCUT2D eigenvalue weighted by atomic mass is 16.4. The number of carbonyl (C=O) groups excluding carboxylic acids is 1. The van der Waals surface area contributed by atoms with Crippen LogP contribution in [0.25, 0.3) is 0 Å². The van der Waals surface area contributed by atoms with E-state index in [0.717, 1.165) is 24.2 Å². The largest absolute Gasteiger partial charge is 0.409 e. The van der Waals surface area contributed by atoms with Crippen molar-refractivity contribution < 1.29 is 10.0 Å². The van der Waals surface area contributed by atoms with E-state index in [1.54, 1.807) is 9.58 Å². The molecule has 110 valence electrons. The van der Waals surface area contributed by atoms with Crippen LogP contribution in [0.2, 0.25) is 0 Å². The van der Waals surface area contributed by atoms with Gasteiger partial charge in [-0.3, -0.25) is 9.48 Å². The summed E-state index contributed by atoms with van der Waals surface area (Å²) >= 11 is 0. The van der Waals surface area contributed by atoms with E-state index in [1.165, 1.54) is 0 Å². The summed E-state index contributed by atoms with van der Waals surface area (Å²) in [6.45, 7) is 4.91. The SMILES string of the molecule is Cc1nn(C)c(C)c1C(=O)N1CCCC(C(N)=NO)C1. The Balaban J connectivity index is 2.21. The van der Waals surface area contributed by atoms with Gasteiger partial charge >= 0.3 is 0 Å². The number of aromatic nitrogens is 2. The van der Waals surface area contributed by atoms with Crippen LogP contribution < -0.4 is 5.73 Å². The number of nitrogens with zero attached hydrogens (tertiary/aromatic N) is 4. The van der Waals surface area contributed by atoms with E-state index in [4.69, 9.17) is 10.9 Å². The average molecular weight is 279 g/mol. The van der Waals surface area contributed by atoms with Crippen molar-refractivity contribution >= 4 is 11.7 Å². The predicted octanol–water partition coefficient (Wildman–Crippen LogP) is 0.636. The molecule has 2 heterocycles. The van der Waals surface area contributed by atoms with Crippen LogP contribution in [0.4, 0.5) is 0 Å². The van der Waals surface area contributed by atoms with Crippen molar-refractivity contribution in [3.63, 3.8) is 0 Å². The van der Waals surface area contributed by atoms with E-state index in [0.29, 0.717) is 18.7 Å². The number of hydrogen-bond acceptors (Lipinski definition) is 4. The van der Waals surface area contributed by atoms with Crippen molar-refractivity contribution in [3.8, 4) is 0 Å². The van der Waals surface area contributed by atoms with Gasteiger partial charge in [-0.15, -0.1) is 0 Å². The van der Waals surface area contributed by atoms with Gasteiger partial charge in [0.2, 0.25) is 0 Å². The Bertz CT molecular complexity index is 549. The number of piperidine rings is 1. The minimum Gasteiger partial charge on any atom is -0.409 e. The molecule has 1 aromatic heterocycles. The van der Waals surface area contributed by atoms with E-state index >= 15 is 0 Å². The molecule has 1 amide bonds. The second-order valence-electron chi connectivity index (χ2n) is 5.28.